The van der Waals surface area contributed by atoms with E-state index in [1.807, 2.05) is 61.5 Å². The maximum absolute atomic E-state index is 12.5. The van der Waals surface area contributed by atoms with Gasteiger partial charge < -0.3 is 20.1 Å². The Morgan fingerprint density at radius 1 is 0.857 bits per heavy atom. The zero-order valence-electron chi connectivity index (χ0n) is 16.5. The van der Waals surface area contributed by atoms with Crippen LogP contribution in [0.25, 0.3) is 0 Å². The largest absolute Gasteiger partial charge is 0.462 e. The van der Waals surface area contributed by atoms with Crippen LogP contribution in [0.3, 0.4) is 0 Å². The molecule has 6 heteroatoms. The second-order valence-electron chi connectivity index (χ2n) is 6.02. The summed E-state index contributed by atoms with van der Waals surface area (Å²) in [4.78, 5) is 25.0. The normalized spacial score (nSPS) is 9.96. The van der Waals surface area contributed by atoms with Crippen LogP contribution in [0.15, 0.2) is 66.0 Å². The maximum Gasteiger partial charge on any atom is 0.349 e. The number of anilines is 1. The van der Waals surface area contributed by atoms with Gasteiger partial charge in [0.2, 0.25) is 0 Å². The number of benzene rings is 2. The number of nitrogens with one attached hydrogen (secondary N) is 2. The van der Waals surface area contributed by atoms with Gasteiger partial charge in [0.1, 0.15) is 5.82 Å². The molecular weight excluding hydrogens is 356 g/mol. The van der Waals surface area contributed by atoms with Crippen molar-refractivity contribution in [3.05, 3.63) is 77.1 Å². The number of carbonyl (C=O) groups is 2. The van der Waals surface area contributed by atoms with Crippen molar-refractivity contribution in [3.8, 4) is 0 Å². The van der Waals surface area contributed by atoms with Crippen molar-refractivity contribution in [1.82, 2.24) is 5.32 Å². The highest BCUT2D eigenvalue weighted by atomic mass is 16.6. The van der Waals surface area contributed by atoms with Crippen LogP contribution >= 0.6 is 0 Å². The van der Waals surface area contributed by atoms with Crippen LogP contribution in [0.2, 0.25) is 0 Å². The minimum absolute atomic E-state index is 0.151. The Hall–Kier alpha value is -3.28. The summed E-state index contributed by atoms with van der Waals surface area (Å²) >= 11 is 0. The van der Waals surface area contributed by atoms with Gasteiger partial charge in [0, 0.05) is 12.2 Å². The van der Waals surface area contributed by atoms with Crippen molar-refractivity contribution in [2.45, 2.75) is 27.3 Å². The third kappa shape index (κ3) is 6.16. The summed E-state index contributed by atoms with van der Waals surface area (Å²) in [6.45, 7) is 6.07. The Bertz CT molecular complexity index is 794. The van der Waals surface area contributed by atoms with Crippen LogP contribution in [-0.2, 0) is 25.6 Å². The van der Waals surface area contributed by atoms with Crippen molar-refractivity contribution in [1.29, 1.82) is 0 Å². The fourth-order valence-corrected chi connectivity index (χ4v) is 2.46. The lowest BCUT2D eigenvalue weighted by Gasteiger charge is -2.18. The highest BCUT2D eigenvalue weighted by Crippen LogP contribution is 2.15. The standard InChI is InChI=1S/C22H26N2O4/c1-4-27-21(25)19(22(26)28-5-2)20(23-15-17-9-7-6-8-10-17)24-18-13-11-16(3)12-14-18/h6-14,23-24H,4-5,15H2,1-3H3. The van der Waals surface area contributed by atoms with Crippen LogP contribution < -0.4 is 10.6 Å². The SMILES string of the molecule is CCOC(=O)C(C(=O)OCC)=C(NCc1ccccc1)Nc1ccc(C)cc1. The van der Waals surface area contributed by atoms with Crippen molar-refractivity contribution < 1.29 is 19.1 Å². The van der Waals surface area contributed by atoms with E-state index in [4.69, 9.17) is 9.47 Å². The third-order valence-electron chi connectivity index (χ3n) is 3.84. The molecule has 0 unspecified atom stereocenters. The zero-order chi connectivity index (χ0) is 20.4. The van der Waals surface area contributed by atoms with Gasteiger partial charge in [-0.25, -0.2) is 9.59 Å². The highest BCUT2D eigenvalue weighted by Gasteiger charge is 2.26. The maximum atomic E-state index is 12.5. The topological polar surface area (TPSA) is 76.7 Å². The minimum Gasteiger partial charge on any atom is -0.462 e. The number of carbonyl (C=O) groups excluding carboxylic acids is 2. The van der Waals surface area contributed by atoms with Crippen LogP contribution in [-0.4, -0.2) is 25.2 Å². The van der Waals surface area contributed by atoms with E-state index < -0.39 is 11.9 Å². The van der Waals surface area contributed by atoms with Crippen molar-refractivity contribution in [2.75, 3.05) is 18.5 Å². The predicted octanol–water partition coefficient (Wildman–Crippen LogP) is 3.53. The van der Waals surface area contributed by atoms with E-state index in [2.05, 4.69) is 10.6 Å². The summed E-state index contributed by atoms with van der Waals surface area (Å²) in [5, 5.41) is 6.27. The van der Waals surface area contributed by atoms with E-state index in [-0.39, 0.29) is 24.6 Å². The molecule has 0 bridgehead atoms. The number of hydrogen-bond acceptors (Lipinski definition) is 6. The fourth-order valence-electron chi connectivity index (χ4n) is 2.46. The first-order valence-corrected chi connectivity index (χ1v) is 9.25. The Morgan fingerprint density at radius 3 is 1.96 bits per heavy atom. The molecule has 0 heterocycles. The van der Waals surface area contributed by atoms with Gasteiger partial charge in [-0.15, -0.1) is 0 Å². The van der Waals surface area contributed by atoms with Crippen LogP contribution in [0, 0.1) is 6.92 Å². The molecule has 28 heavy (non-hydrogen) atoms. The molecule has 0 amide bonds. The smallest absolute Gasteiger partial charge is 0.349 e. The number of ether oxygens (including phenoxy) is 2. The summed E-state index contributed by atoms with van der Waals surface area (Å²) in [5.41, 5.74) is 2.63. The number of esters is 2. The summed E-state index contributed by atoms with van der Waals surface area (Å²) in [5.74, 6) is -1.24. The van der Waals surface area contributed by atoms with E-state index in [1.54, 1.807) is 13.8 Å². The molecule has 6 nitrogen and oxygen atoms in total. The molecule has 0 radical (unpaired) electrons. The number of aryl methyl sites for hydroxylation is 1. The molecule has 2 aromatic rings. The lowest BCUT2D eigenvalue weighted by atomic mass is 10.2. The Kier molecular flexibility index (Phi) is 8.09. The van der Waals surface area contributed by atoms with Crippen LogP contribution in [0.4, 0.5) is 5.69 Å². The van der Waals surface area contributed by atoms with E-state index in [0.29, 0.717) is 6.54 Å². The first-order chi connectivity index (χ1) is 13.5. The monoisotopic (exact) mass is 382 g/mol. The van der Waals surface area contributed by atoms with Gasteiger partial charge in [0.25, 0.3) is 0 Å². The van der Waals surface area contributed by atoms with Crippen molar-refractivity contribution >= 4 is 17.6 Å². The lowest BCUT2D eigenvalue weighted by Crippen LogP contribution is -2.29. The number of hydrogen-bond donors (Lipinski definition) is 2. The molecule has 0 aliphatic heterocycles. The number of rotatable bonds is 9. The second kappa shape index (κ2) is 10.8. The molecule has 0 aromatic heterocycles. The molecule has 0 fully saturated rings. The zero-order valence-corrected chi connectivity index (χ0v) is 16.5. The van der Waals surface area contributed by atoms with E-state index in [1.165, 1.54) is 0 Å². The molecule has 0 atom stereocenters. The first-order valence-electron chi connectivity index (χ1n) is 9.25. The summed E-state index contributed by atoms with van der Waals surface area (Å²) in [7, 11) is 0. The van der Waals surface area contributed by atoms with Gasteiger partial charge in [-0.2, -0.15) is 0 Å². The molecule has 148 valence electrons. The van der Waals surface area contributed by atoms with E-state index >= 15 is 0 Å². The Labute approximate surface area is 165 Å². The van der Waals surface area contributed by atoms with Crippen molar-refractivity contribution in [2.24, 2.45) is 0 Å². The third-order valence-corrected chi connectivity index (χ3v) is 3.84. The van der Waals surface area contributed by atoms with Gasteiger partial charge in [0.05, 0.1) is 13.2 Å². The molecule has 2 N–H and O–H groups in total. The lowest BCUT2D eigenvalue weighted by molar-refractivity contribution is -0.146. The van der Waals surface area contributed by atoms with Crippen LogP contribution in [0.1, 0.15) is 25.0 Å². The molecule has 2 aromatic carbocycles. The van der Waals surface area contributed by atoms with Gasteiger partial charge in [-0.05, 0) is 38.5 Å². The molecule has 0 aliphatic carbocycles. The molecule has 0 saturated carbocycles. The Morgan fingerprint density at radius 2 is 1.43 bits per heavy atom. The van der Waals surface area contributed by atoms with E-state index in [9.17, 15) is 9.59 Å². The van der Waals surface area contributed by atoms with Crippen LogP contribution in [0.5, 0.6) is 0 Å². The Balaban J connectivity index is 2.40. The van der Waals surface area contributed by atoms with Crippen molar-refractivity contribution in [3.63, 3.8) is 0 Å². The quantitative estimate of drug-likeness (QED) is 0.299. The summed E-state index contributed by atoms with van der Waals surface area (Å²) in [6.07, 6.45) is 0. The van der Waals surface area contributed by atoms with Gasteiger partial charge >= 0.3 is 11.9 Å². The van der Waals surface area contributed by atoms with Gasteiger partial charge in [-0.1, -0.05) is 48.0 Å². The van der Waals surface area contributed by atoms with E-state index in [0.717, 1.165) is 16.8 Å². The summed E-state index contributed by atoms with van der Waals surface area (Å²) < 4.78 is 10.2. The molecule has 0 aliphatic rings. The molecule has 0 spiro atoms. The predicted molar refractivity (Wildman–Crippen MR) is 108 cm³/mol. The molecular formula is C22H26N2O4. The van der Waals surface area contributed by atoms with Gasteiger partial charge in [0.15, 0.2) is 5.57 Å². The summed E-state index contributed by atoms with van der Waals surface area (Å²) in [6, 6.07) is 17.3. The minimum atomic E-state index is -0.740. The second-order valence-corrected chi connectivity index (χ2v) is 6.02. The fraction of sp³-hybridized carbons (Fsp3) is 0.273. The first kappa shape index (κ1) is 21.0. The average Bonchev–Trinajstić information content (AvgIpc) is 2.69. The highest BCUT2D eigenvalue weighted by molar-refractivity contribution is 6.15. The molecule has 0 saturated heterocycles. The van der Waals surface area contributed by atoms with Gasteiger partial charge in [-0.3, -0.25) is 0 Å². The average molecular weight is 382 g/mol. The molecule has 2 rings (SSSR count).